The first-order valence-corrected chi connectivity index (χ1v) is 4.44. The SMILES string of the molecule is COc1ccc2c(c1)C(CCN)=C2. The lowest BCUT2D eigenvalue weighted by molar-refractivity contribution is 0.414. The Morgan fingerprint density at radius 1 is 1.38 bits per heavy atom. The number of ether oxygens (including phenoxy) is 1. The maximum atomic E-state index is 5.49. The van der Waals surface area contributed by atoms with Crippen LogP contribution in [0.2, 0.25) is 0 Å². The zero-order valence-corrected chi connectivity index (χ0v) is 7.71. The molecule has 0 unspecified atom stereocenters. The van der Waals surface area contributed by atoms with Gasteiger partial charge in [0.15, 0.2) is 0 Å². The largest absolute Gasteiger partial charge is 0.497 e. The van der Waals surface area contributed by atoms with Gasteiger partial charge in [-0.25, -0.2) is 0 Å². The molecule has 2 rings (SSSR count). The highest BCUT2D eigenvalue weighted by atomic mass is 16.5. The number of hydrogen-bond acceptors (Lipinski definition) is 2. The summed E-state index contributed by atoms with van der Waals surface area (Å²) in [7, 11) is 1.69. The van der Waals surface area contributed by atoms with Crippen LogP contribution in [0.5, 0.6) is 5.75 Å². The van der Waals surface area contributed by atoms with Gasteiger partial charge in [-0.1, -0.05) is 12.1 Å². The summed E-state index contributed by atoms with van der Waals surface area (Å²) in [6, 6.07) is 6.13. The molecule has 0 saturated heterocycles. The third-order valence-corrected chi connectivity index (χ3v) is 2.35. The molecule has 1 aromatic carbocycles. The molecule has 0 radical (unpaired) electrons. The van der Waals surface area contributed by atoms with Gasteiger partial charge in [0.05, 0.1) is 7.11 Å². The average molecular weight is 175 g/mol. The minimum absolute atomic E-state index is 0.711. The molecule has 0 saturated carbocycles. The van der Waals surface area contributed by atoms with Gasteiger partial charge in [0.25, 0.3) is 0 Å². The molecule has 2 nitrogen and oxygen atoms in total. The highest BCUT2D eigenvalue weighted by molar-refractivity contribution is 5.95. The molecular formula is C11H13NO. The Hall–Kier alpha value is -1.28. The number of methoxy groups -OCH3 is 1. The number of fused-ring (bicyclic) bond motifs is 1. The molecule has 1 aliphatic carbocycles. The molecule has 68 valence electrons. The first-order chi connectivity index (χ1) is 6.35. The lowest BCUT2D eigenvalue weighted by Crippen LogP contribution is -2.05. The van der Waals surface area contributed by atoms with Crippen molar-refractivity contribution in [1.82, 2.24) is 0 Å². The normalized spacial score (nSPS) is 12.9. The molecule has 0 heterocycles. The quantitative estimate of drug-likeness (QED) is 0.761. The van der Waals surface area contributed by atoms with Crippen LogP contribution in [-0.4, -0.2) is 13.7 Å². The molecule has 1 aliphatic rings. The second-order valence-electron chi connectivity index (χ2n) is 3.16. The average Bonchev–Trinajstić information content (AvgIpc) is 2.14. The van der Waals surface area contributed by atoms with Crippen molar-refractivity contribution in [3.05, 3.63) is 29.3 Å². The summed E-state index contributed by atoms with van der Waals surface area (Å²) in [6.45, 7) is 0.711. The van der Waals surface area contributed by atoms with Gasteiger partial charge in [0.2, 0.25) is 0 Å². The van der Waals surface area contributed by atoms with Crippen molar-refractivity contribution < 1.29 is 4.74 Å². The standard InChI is InChI=1S/C11H13NO/c1-13-10-3-2-8-6-9(4-5-12)11(8)7-10/h2-3,6-7H,4-5,12H2,1H3. The molecule has 0 amide bonds. The highest BCUT2D eigenvalue weighted by Crippen LogP contribution is 2.36. The molecular weight excluding hydrogens is 162 g/mol. The molecule has 0 atom stereocenters. The van der Waals surface area contributed by atoms with Gasteiger partial charge in [-0.3, -0.25) is 0 Å². The van der Waals surface area contributed by atoms with Crippen LogP contribution in [0.15, 0.2) is 18.2 Å². The maximum Gasteiger partial charge on any atom is 0.119 e. The fourth-order valence-electron chi connectivity index (χ4n) is 1.62. The van der Waals surface area contributed by atoms with Crippen LogP contribution in [0.4, 0.5) is 0 Å². The van der Waals surface area contributed by atoms with Gasteiger partial charge in [-0.05, 0) is 41.8 Å². The van der Waals surface area contributed by atoms with E-state index in [9.17, 15) is 0 Å². The van der Waals surface area contributed by atoms with Gasteiger partial charge >= 0.3 is 0 Å². The first kappa shape index (κ1) is 8.32. The van der Waals surface area contributed by atoms with Gasteiger partial charge in [-0.2, -0.15) is 0 Å². The van der Waals surface area contributed by atoms with Gasteiger partial charge in [0, 0.05) is 0 Å². The summed E-state index contributed by atoms with van der Waals surface area (Å²) in [5.74, 6) is 0.918. The predicted molar refractivity (Wildman–Crippen MR) is 54.5 cm³/mol. The van der Waals surface area contributed by atoms with Crippen LogP contribution in [0.25, 0.3) is 11.6 Å². The molecule has 1 aromatic rings. The summed E-state index contributed by atoms with van der Waals surface area (Å²) in [6.07, 6.45) is 3.14. The van der Waals surface area contributed by atoms with Crippen LogP contribution in [0.3, 0.4) is 0 Å². The molecule has 0 bridgehead atoms. The molecule has 0 spiro atoms. The van der Waals surface area contributed by atoms with Crippen molar-refractivity contribution in [2.75, 3.05) is 13.7 Å². The Balaban J connectivity index is 2.25. The van der Waals surface area contributed by atoms with Crippen LogP contribution in [0, 0.1) is 0 Å². The van der Waals surface area contributed by atoms with Gasteiger partial charge in [0.1, 0.15) is 5.75 Å². The van der Waals surface area contributed by atoms with E-state index in [0.29, 0.717) is 6.54 Å². The van der Waals surface area contributed by atoms with E-state index in [1.54, 1.807) is 7.11 Å². The maximum absolute atomic E-state index is 5.49. The zero-order chi connectivity index (χ0) is 9.26. The van der Waals surface area contributed by atoms with Crippen molar-refractivity contribution in [2.24, 2.45) is 5.73 Å². The van der Waals surface area contributed by atoms with E-state index in [1.165, 1.54) is 16.7 Å². The smallest absolute Gasteiger partial charge is 0.119 e. The van der Waals surface area contributed by atoms with E-state index >= 15 is 0 Å². The van der Waals surface area contributed by atoms with E-state index in [-0.39, 0.29) is 0 Å². The van der Waals surface area contributed by atoms with E-state index in [0.717, 1.165) is 12.2 Å². The molecule has 2 heteroatoms. The van der Waals surface area contributed by atoms with Crippen LogP contribution < -0.4 is 10.5 Å². The summed E-state index contributed by atoms with van der Waals surface area (Å²) in [4.78, 5) is 0. The lowest BCUT2D eigenvalue weighted by Gasteiger charge is -2.20. The third kappa shape index (κ3) is 1.33. The Morgan fingerprint density at radius 3 is 2.92 bits per heavy atom. The first-order valence-electron chi connectivity index (χ1n) is 4.44. The highest BCUT2D eigenvalue weighted by Gasteiger charge is 2.15. The number of hydrogen-bond donors (Lipinski definition) is 1. The molecule has 2 N–H and O–H groups in total. The van der Waals surface area contributed by atoms with E-state index < -0.39 is 0 Å². The van der Waals surface area contributed by atoms with Crippen LogP contribution >= 0.6 is 0 Å². The number of rotatable bonds is 3. The second-order valence-corrected chi connectivity index (χ2v) is 3.16. The number of nitrogens with two attached hydrogens (primary N) is 1. The number of benzene rings is 1. The summed E-state index contributed by atoms with van der Waals surface area (Å²) in [5.41, 5.74) is 9.43. The Morgan fingerprint density at radius 2 is 2.23 bits per heavy atom. The van der Waals surface area contributed by atoms with Crippen molar-refractivity contribution in [1.29, 1.82) is 0 Å². The van der Waals surface area contributed by atoms with Crippen LogP contribution in [0.1, 0.15) is 17.5 Å². The Bertz CT molecular complexity index is 355. The fraction of sp³-hybridized carbons (Fsp3) is 0.273. The Kier molecular flexibility index (Phi) is 2.07. The Labute approximate surface area is 78.0 Å². The minimum Gasteiger partial charge on any atom is -0.497 e. The van der Waals surface area contributed by atoms with Gasteiger partial charge in [-0.15, -0.1) is 0 Å². The topological polar surface area (TPSA) is 35.2 Å². The summed E-state index contributed by atoms with van der Waals surface area (Å²) < 4.78 is 5.15. The fourth-order valence-corrected chi connectivity index (χ4v) is 1.62. The molecule has 0 aromatic heterocycles. The monoisotopic (exact) mass is 175 g/mol. The van der Waals surface area contributed by atoms with E-state index in [4.69, 9.17) is 10.5 Å². The van der Waals surface area contributed by atoms with Crippen LogP contribution in [-0.2, 0) is 0 Å². The minimum atomic E-state index is 0.711. The lowest BCUT2D eigenvalue weighted by atomic mass is 9.86. The summed E-state index contributed by atoms with van der Waals surface area (Å²) in [5, 5.41) is 0. The third-order valence-electron chi connectivity index (χ3n) is 2.35. The molecule has 13 heavy (non-hydrogen) atoms. The van der Waals surface area contributed by atoms with Crippen molar-refractivity contribution >= 4 is 11.6 Å². The van der Waals surface area contributed by atoms with E-state index in [2.05, 4.69) is 18.2 Å². The molecule has 0 fully saturated rings. The van der Waals surface area contributed by atoms with Crippen molar-refractivity contribution in [2.45, 2.75) is 6.42 Å². The second kappa shape index (κ2) is 3.23. The summed E-state index contributed by atoms with van der Waals surface area (Å²) >= 11 is 0. The molecule has 0 aliphatic heterocycles. The predicted octanol–water partition coefficient (Wildman–Crippen LogP) is 1.90. The van der Waals surface area contributed by atoms with E-state index in [1.807, 2.05) is 6.07 Å². The van der Waals surface area contributed by atoms with Gasteiger partial charge < -0.3 is 10.5 Å². The van der Waals surface area contributed by atoms with Crippen molar-refractivity contribution in [3.8, 4) is 5.75 Å². The van der Waals surface area contributed by atoms with Crippen molar-refractivity contribution in [3.63, 3.8) is 0 Å². The zero-order valence-electron chi connectivity index (χ0n) is 7.71.